The Morgan fingerprint density at radius 2 is 1.92 bits per heavy atom. The van der Waals surface area contributed by atoms with Gasteiger partial charge in [-0.15, -0.1) is 0 Å². The molecule has 0 amide bonds. The molecule has 2 heteroatoms. The van der Waals surface area contributed by atoms with Gasteiger partial charge in [0, 0.05) is 13.2 Å². The van der Waals surface area contributed by atoms with Gasteiger partial charge in [0.25, 0.3) is 0 Å². The molecule has 0 aromatic heterocycles. The van der Waals surface area contributed by atoms with Crippen LogP contribution in [0.25, 0.3) is 0 Å². The second-order valence-electron chi connectivity index (χ2n) is 4.82. The Balaban J connectivity index is 1.88. The van der Waals surface area contributed by atoms with Crippen LogP contribution >= 0.6 is 0 Å². The number of hydrogen-bond acceptors (Lipinski definition) is 2. The van der Waals surface area contributed by atoms with Crippen molar-refractivity contribution in [3.8, 4) is 0 Å². The van der Waals surface area contributed by atoms with Crippen LogP contribution in [-0.2, 0) is 4.74 Å². The molecule has 2 aliphatic rings. The lowest BCUT2D eigenvalue weighted by atomic mass is 9.68. The molecule has 0 spiro atoms. The highest BCUT2D eigenvalue weighted by Crippen LogP contribution is 2.42. The van der Waals surface area contributed by atoms with Crippen LogP contribution < -0.4 is 5.73 Å². The third-order valence-corrected chi connectivity index (χ3v) is 3.93. The van der Waals surface area contributed by atoms with Crippen molar-refractivity contribution in [1.82, 2.24) is 0 Å². The molecule has 76 valence electrons. The van der Waals surface area contributed by atoms with Crippen molar-refractivity contribution in [3.63, 3.8) is 0 Å². The van der Waals surface area contributed by atoms with E-state index in [1.807, 2.05) is 0 Å². The summed E-state index contributed by atoms with van der Waals surface area (Å²) in [7, 11) is 0. The van der Waals surface area contributed by atoms with E-state index in [9.17, 15) is 0 Å². The molecule has 1 aliphatic heterocycles. The Bertz CT molecular complexity index is 159. The Hall–Kier alpha value is -0.0800. The van der Waals surface area contributed by atoms with Crippen molar-refractivity contribution in [3.05, 3.63) is 0 Å². The van der Waals surface area contributed by atoms with Crippen LogP contribution in [0.3, 0.4) is 0 Å². The van der Waals surface area contributed by atoms with Crippen molar-refractivity contribution in [2.24, 2.45) is 17.1 Å². The topological polar surface area (TPSA) is 35.2 Å². The van der Waals surface area contributed by atoms with Crippen molar-refractivity contribution in [2.45, 2.75) is 38.5 Å². The van der Waals surface area contributed by atoms with Gasteiger partial charge in [0.05, 0.1) is 0 Å². The molecule has 13 heavy (non-hydrogen) atoms. The van der Waals surface area contributed by atoms with E-state index in [4.69, 9.17) is 10.5 Å². The van der Waals surface area contributed by atoms with Crippen molar-refractivity contribution >= 4 is 0 Å². The van der Waals surface area contributed by atoms with Crippen LogP contribution in [0.4, 0.5) is 0 Å². The predicted molar refractivity (Wildman–Crippen MR) is 53.5 cm³/mol. The second kappa shape index (κ2) is 3.97. The molecular weight excluding hydrogens is 162 g/mol. The minimum Gasteiger partial charge on any atom is -0.381 e. The highest BCUT2D eigenvalue weighted by Gasteiger charge is 2.35. The fraction of sp³-hybridized carbons (Fsp3) is 1.00. The number of ether oxygens (including phenoxy) is 1. The molecule has 0 bridgehead atoms. The molecule has 0 radical (unpaired) electrons. The lowest BCUT2D eigenvalue weighted by Crippen LogP contribution is -2.39. The average Bonchev–Trinajstić information content (AvgIpc) is 2.13. The third-order valence-electron chi connectivity index (χ3n) is 3.93. The number of rotatable bonds is 3. The Kier molecular flexibility index (Phi) is 2.89. The first-order valence-electron chi connectivity index (χ1n) is 5.62. The van der Waals surface area contributed by atoms with Crippen LogP contribution in [-0.4, -0.2) is 19.8 Å². The van der Waals surface area contributed by atoms with Gasteiger partial charge < -0.3 is 10.5 Å². The smallest absolute Gasteiger partial charge is 0.0471 e. The highest BCUT2D eigenvalue weighted by molar-refractivity contribution is 4.87. The monoisotopic (exact) mass is 183 g/mol. The predicted octanol–water partition coefficient (Wildman–Crippen LogP) is 1.93. The molecule has 0 unspecified atom stereocenters. The van der Waals surface area contributed by atoms with Gasteiger partial charge in [-0.3, -0.25) is 0 Å². The molecule has 0 atom stereocenters. The van der Waals surface area contributed by atoms with Gasteiger partial charge in [-0.1, -0.05) is 19.3 Å². The van der Waals surface area contributed by atoms with Gasteiger partial charge in [-0.2, -0.15) is 0 Å². The van der Waals surface area contributed by atoms with Gasteiger partial charge in [-0.25, -0.2) is 0 Å². The number of nitrogens with two attached hydrogens (primary N) is 1. The second-order valence-corrected chi connectivity index (χ2v) is 4.82. The van der Waals surface area contributed by atoms with E-state index >= 15 is 0 Å². The molecular formula is C11H21NO. The van der Waals surface area contributed by atoms with Crippen LogP contribution in [0.1, 0.15) is 38.5 Å². The summed E-state index contributed by atoms with van der Waals surface area (Å²) < 4.78 is 5.40. The number of hydrogen-bond donors (Lipinski definition) is 1. The summed E-state index contributed by atoms with van der Waals surface area (Å²) in [5.74, 6) is 0.988. The summed E-state index contributed by atoms with van der Waals surface area (Å²) >= 11 is 0. The lowest BCUT2D eigenvalue weighted by molar-refractivity contribution is -0.000313. The van der Waals surface area contributed by atoms with Crippen molar-refractivity contribution < 1.29 is 4.74 Å². The molecule has 1 saturated carbocycles. The fourth-order valence-electron chi connectivity index (χ4n) is 2.61. The van der Waals surface area contributed by atoms with E-state index in [0.717, 1.165) is 25.7 Å². The first-order valence-corrected chi connectivity index (χ1v) is 5.62. The molecule has 2 nitrogen and oxygen atoms in total. The molecule has 2 fully saturated rings. The van der Waals surface area contributed by atoms with Crippen LogP contribution in [0, 0.1) is 11.3 Å². The van der Waals surface area contributed by atoms with E-state index in [1.165, 1.54) is 38.5 Å². The normalized spacial score (nSPS) is 28.4. The van der Waals surface area contributed by atoms with E-state index in [2.05, 4.69) is 0 Å². The Morgan fingerprint density at radius 1 is 1.23 bits per heavy atom. The quantitative estimate of drug-likeness (QED) is 0.725. The minimum atomic E-state index is 0.448. The van der Waals surface area contributed by atoms with Crippen molar-refractivity contribution in [1.29, 1.82) is 0 Å². The van der Waals surface area contributed by atoms with Gasteiger partial charge in [0.15, 0.2) is 0 Å². The van der Waals surface area contributed by atoms with E-state index in [1.54, 1.807) is 0 Å². The lowest BCUT2D eigenvalue weighted by Gasteiger charge is -2.41. The van der Waals surface area contributed by atoms with E-state index in [0.29, 0.717) is 5.41 Å². The maximum absolute atomic E-state index is 5.91. The first kappa shape index (κ1) is 9.47. The van der Waals surface area contributed by atoms with Crippen LogP contribution in [0.15, 0.2) is 0 Å². The molecule has 2 N–H and O–H groups in total. The summed E-state index contributed by atoms with van der Waals surface area (Å²) in [5.41, 5.74) is 6.36. The summed E-state index contributed by atoms with van der Waals surface area (Å²) in [6, 6.07) is 0. The largest absolute Gasteiger partial charge is 0.381 e. The zero-order valence-corrected chi connectivity index (χ0v) is 8.43. The molecule has 1 aliphatic carbocycles. The van der Waals surface area contributed by atoms with Gasteiger partial charge in [-0.05, 0) is 37.1 Å². The summed E-state index contributed by atoms with van der Waals surface area (Å²) in [6.45, 7) is 2.74. The zero-order valence-electron chi connectivity index (χ0n) is 8.43. The summed E-state index contributed by atoms with van der Waals surface area (Å²) in [5, 5.41) is 0. The van der Waals surface area contributed by atoms with Gasteiger partial charge >= 0.3 is 0 Å². The maximum Gasteiger partial charge on any atom is 0.0471 e. The maximum atomic E-state index is 5.91. The van der Waals surface area contributed by atoms with Crippen molar-refractivity contribution in [2.75, 3.05) is 19.8 Å². The standard InChI is InChI=1S/C11H21NO/c12-9-11(4-6-13-7-5-11)8-10-2-1-3-10/h10H,1-9,12H2. The highest BCUT2D eigenvalue weighted by atomic mass is 16.5. The Morgan fingerprint density at radius 3 is 2.38 bits per heavy atom. The molecule has 1 saturated heterocycles. The summed E-state index contributed by atoms with van der Waals surface area (Å²) in [6.07, 6.45) is 8.10. The molecule has 0 aromatic rings. The minimum absolute atomic E-state index is 0.448. The van der Waals surface area contributed by atoms with Gasteiger partial charge in [0.1, 0.15) is 0 Å². The SMILES string of the molecule is NCC1(CC2CCC2)CCOCC1. The van der Waals surface area contributed by atoms with Crippen LogP contribution in [0.5, 0.6) is 0 Å². The molecule has 0 aromatic carbocycles. The Labute approximate surface area is 80.8 Å². The van der Waals surface area contributed by atoms with E-state index in [-0.39, 0.29) is 0 Å². The zero-order chi connectivity index (χ0) is 9.15. The molecule has 2 rings (SSSR count). The third kappa shape index (κ3) is 2.05. The fourth-order valence-corrected chi connectivity index (χ4v) is 2.61. The van der Waals surface area contributed by atoms with Crippen LogP contribution in [0.2, 0.25) is 0 Å². The average molecular weight is 183 g/mol. The summed E-state index contributed by atoms with van der Waals surface area (Å²) in [4.78, 5) is 0. The van der Waals surface area contributed by atoms with E-state index < -0.39 is 0 Å². The first-order chi connectivity index (χ1) is 6.35. The molecule has 1 heterocycles. The van der Waals surface area contributed by atoms with Gasteiger partial charge in [0.2, 0.25) is 0 Å².